The lowest BCUT2D eigenvalue weighted by molar-refractivity contribution is 0.102. The molecule has 6 heteroatoms. The average Bonchev–Trinajstić information content (AvgIpc) is 3.08. The summed E-state index contributed by atoms with van der Waals surface area (Å²) >= 11 is 1.30. The van der Waals surface area contributed by atoms with Gasteiger partial charge in [-0.25, -0.2) is 13.8 Å². The van der Waals surface area contributed by atoms with E-state index in [4.69, 9.17) is 0 Å². The maximum Gasteiger partial charge on any atom is 0.275 e. The van der Waals surface area contributed by atoms with E-state index in [0.717, 1.165) is 17.7 Å². The van der Waals surface area contributed by atoms with Gasteiger partial charge in [-0.3, -0.25) is 4.79 Å². The summed E-state index contributed by atoms with van der Waals surface area (Å²) in [4.78, 5) is 16.5. The SMILES string of the molecule is CC(C)c1ccc(-c2nc(C(=O)Nc3c(F)cccc3F)cs2)cc1. The number of anilines is 1. The molecular formula is C19H16F2N2OS. The molecule has 0 aliphatic heterocycles. The Morgan fingerprint density at radius 3 is 2.32 bits per heavy atom. The molecule has 25 heavy (non-hydrogen) atoms. The minimum absolute atomic E-state index is 0.121. The van der Waals surface area contributed by atoms with Gasteiger partial charge < -0.3 is 5.32 Å². The van der Waals surface area contributed by atoms with Crippen LogP contribution in [0.1, 0.15) is 35.8 Å². The number of halogens is 2. The number of amides is 1. The highest BCUT2D eigenvalue weighted by Crippen LogP contribution is 2.26. The summed E-state index contributed by atoms with van der Waals surface area (Å²) < 4.78 is 27.3. The van der Waals surface area contributed by atoms with Gasteiger partial charge in [0, 0.05) is 10.9 Å². The van der Waals surface area contributed by atoms with Crippen LogP contribution in [-0.2, 0) is 0 Å². The molecule has 0 fully saturated rings. The van der Waals surface area contributed by atoms with Gasteiger partial charge in [-0.05, 0) is 23.6 Å². The number of carbonyl (C=O) groups is 1. The highest BCUT2D eigenvalue weighted by atomic mass is 32.1. The smallest absolute Gasteiger partial charge is 0.275 e. The maximum absolute atomic E-state index is 13.6. The van der Waals surface area contributed by atoms with Crippen LogP contribution in [0.25, 0.3) is 10.6 Å². The van der Waals surface area contributed by atoms with Gasteiger partial charge >= 0.3 is 0 Å². The zero-order chi connectivity index (χ0) is 18.0. The first-order valence-corrected chi connectivity index (χ1v) is 8.65. The summed E-state index contributed by atoms with van der Waals surface area (Å²) in [6.45, 7) is 4.23. The Bertz CT molecular complexity index is 884. The largest absolute Gasteiger partial charge is 0.316 e. The van der Waals surface area contributed by atoms with Crippen LogP contribution in [0, 0.1) is 11.6 Å². The summed E-state index contributed by atoms with van der Waals surface area (Å²) in [5.41, 5.74) is 1.76. The molecule has 1 amide bonds. The van der Waals surface area contributed by atoms with Crippen molar-refractivity contribution in [2.45, 2.75) is 19.8 Å². The van der Waals surface area contributed by atoms with Crippen molar-refractivity contribution in [1.29, 1.82) is 0 Å². The van der Waals surface area contributed by atoms with Crippen molar-refractivity contribution in [2.75, 3.05) is 5.32 Å². The van der Waals surface area contributed by atoms with Crippen molar-refractivity contribution in [3.63, 3.8) is 0 Å². The van der Waals surface area contributed by atoms with E-state index in [1.165, 1.54) is 23.0 Å². The lowest BCUT2D eigenvalue weighted by Crippen LogP contribution is -2.14. The fraction of sp³-hybridized carbons (Fsp3) is 0.158. The molecule has 0 radical (unpaired) electrons. The van der Waals surface area contributed by atoms with Gasteiger partial charge in [0.1, 0.15) is 28.0 Å². The Hall–Kier alpha value is -2.60. The molecule has 3 nitrogen and oxygen atoms in total. The molecule has 0 unspecified atom stereocenters. The quantitative estimate of drug-likeness (QED) is 0.672. The van der Waals surface area contributed by atoms with Crippen LogP contribution in [0.15, 0.2) is 47.8 Å². The zero-order valence-corrected chi connectivity index (χ0v) is 14.5. The van der Waals surface area contributed by atoms with E-state index in [1.807, 2.05) is 24.3 Å². The lowest BCUT2D eigenvalue weighted by atomic mass is 10.0. The van der Waals surface area contributed by atoms with E-state index in [1.54, 1.807) is 5.38 Å². The minimum Gasteiger partial charge on any atom is -0.316 e. The monoisotopic (exact) mass is 358 g/mol. The van der Waals surface area contributed by atoms with E-state index in [0.29, 0.717) is 10.9 Å². The Morgan fingerprint density at radius 2 is 1.72 bits per heavy atom. The number of thiazole rings is 1. The van der Waals surface area contributed by atoms with Crippen LogP contribution in [-0.4, -0.2) is 10.9 Å². The third kappa shape index (κ3) is 3.74. The van der Waals surface area contributed by atoms with E-state index < -0.39 is 23.2 Å². The van der Waals surface area contributed by atoms with E-state index in [2.05, 4.69) is 24.1 Å². The molecule has 0 atom stereocenters. The number of rotatable bonds is 4. The van der Waals surface area contributed by atoms with Crippen molar-refractivity contribution in [3.8, 4) is 10.6 Å². The van der Waals surface area contributed by atoms with E-state index >= 15 is 0 Å². The molecule has 0 saturated carbocycles. The number of aromatic nitrogens is 1. The van der Waals surface area contributed by atoms with Gasteiger partial charge in [0.25, 0.3) is 5.91 Å². The molecule has 1 aromatic heterocycles. The van der Waals surface area contributed by atoms with Gasteiger partial charge in [-0.1, -0.05) is 44.2 Å². The summed E-state index contributed by atoms with van der Waals surface area (Å²) in [5.74, 6) is -1.87. The third-order valence-corrected chi connectivity index (χ3v) is 4.65. The maximum atomic E-state index is 13.6. The Balaban J connectivity index is 1.80. The number of nitrogens with zero attached hydrogens (tertiary/aromatic N) is 1. The number of carbonyl (C=O) groups excluding carboxylic acids is 1. The molecule has 1 N–H and O–H groups in total. The summed E-state index contributed by atoms with van der Waals surface area (Å²) in [5, 5.41) is 4.48. The second-order valence-corrected chi connectivity index (χ2v) is 6.72. The third-order valence-electron chi connectivity index (χ3n) is 3.76. The van der Waals surface area contributed by atoms with Crippen LogP contribution < -0.4 is 5.32 Å². The predicted molar refractivity (Wildman–Crippen MR) is 96.0 cm³/mol. The fourth-order valence-electron chi connectivity index (χ4n) is 2.32. The molecule has 3 aromatic rings. The minimum atomic E-state index is -0.826. The van der Waals surface area contributed by atoms with Gasteiger partial charge in [0.05, 0.1) is 0 Å². The fourth-order valence-corrected chi connectivity index (χ4v) is 3.12. The van der Waals surface area contributed by atoms with Crippen LogP contribution in [0.3, 0.4) is 0 Å². The molecule has 0 aliphatic carbocycles. The summed E-state index contributed by atoms with van der Waals surface area (Å²) in [6.07, 6.45) is 0. The molecule has 2 aromatic carbocycles. The number of benzene rings is 2. The molecule has 0 aliphatic rings. The highest BCUT2D eigenvalue weighted by Gasteiger charge is 2.16. The van der Waals surface area contributed by atoms with Crippen LogP contribution in [0.2, 0.25) is 0 Å². The highest BCUT2D eigenvalue weighted by molar-refractivity contribution is 7.13. The van der Waals surface area contributed by atoms with E-state index in [9.17, 15) is 13.6 Å². The van der Waals surface area contributed by atoms with Crippen LogP contribution in [0.5, 0.6) is 0 Å². The first-order chi connectivity index (χ1) is 12.0. The van der Waals surface area contributed by atoms with Crippen LogP contribution in [0.4, 0.5) is 14.5 Å². The van der Waals surface area contributed by atoms with Crippen molar-refractivity contribution in [3.05, 3.63) is 70.7 Å². The molecule has 128 valence electrons. The number of hydrogen-bond acceptors (Lipinski definition) is 3. The lowest BCUT2D eigenvalue weighted by Gasteiger charge is -2.06. The van der Waals surface area contributed by atoms with Gasteiger partial charge in [0.15, 0.2) is 0 Å². The van der Waals surface area contributed by atoms with Crippen LogP contribution >= 0.6 is 11.3 Å². The Morgan fingerprint density at radius 1 is 1.08 bits per heavy atom. The molecule has 3 rings (SSSR count). The van der Waals surface area contributed by atoms with Crippen molar-refractivity contribution >= 4 is 22.9 Å². The normalized spacial score (nSPS) is 10.9. The van der Waals surface area contributed by atoms with Gasteiger partial charge in [-0.2, -0.15) is 0 Å². The summed E-state index contributed by atoms with van der Waals surface area (Å²) in [7, 11) is 0. The summed E-state index contributed by atoms with van der Waals surface area (Å²) in [6, 6.07) is 11.4. The van der Waals surface area contributed by atoms with Crippen molar-refractivity contribution in [2.24, 2.45) is 0 Å². The zero-order valence-electron chi connectivity index (χ0n) is 13.7. The van der Waals surface area contributed by atoms with Crippen molar-refractivity contribution in [1.82, 2.24) is 4.98 Å². The van der Waals surface area contributed by atoms with Gasteiger partial charge in [0.2, 0.25) is 0 Å². The predicted octanol–water partition coefficient (Wildman–Crippen LogP) is 5.46. The second kappa shape index (κ2) is 7.11. The Kier molecular flexibility index (Phi) is 4.90. The van der Waals surface area contributed by atoms with Gasteiger partial charge in [-0.15, -0.1) is 11.3 Å². The molecule has 0 bridgehead atoms. The second-order valence-electron chi connectivity index (χ2n) is 5.87. The number of hydrogen-bond donors (Lipinski definition) is 1. The first-order valence-electron chi connectivity index (χ1n) is 7.77. The topological polar surface area (TPSA) is 42.0 Å². The molecule has 1 heterocycles. The molecule has 0 saturated heterocycles. The van der Waals surface area contributed by atoms with Crippen molar-refractivity contribution < 1.29 is 13.6 Å². The number of para-hydroxylation sites is 1. The molecule has 0 spiro atoms. The first kappa shape index (κ1) is 17.2. The van der Waals surface area contributed by atoms with E-state index in [-0.39, 0.29) is 5.69 Å². The average molecular weight is 358 g/mol. The standard InChI is InChI=1S/C19H16F2N2OS/c1-11(2)12-6-8-13(9-7-12)19-22-16(10-25-19)18(24)23-17-14(20)4-3-5-15(17)21/h3-11H,1-2H3,(H,23,24). The molecular weight excluding hydrogens is 342 g/mol. The Labute approximate surface area is 148 Å². The number of nitrogens with one attached hydrogen (secondary N) is 1.